The summed E-state index contributed by atoms with van der Waals surface area (Å²) >= 11 is 1.95. The van der Waals surface area contributed by atoms with Crippen molar-refractivity contribution in [3.8, 4) is 33.4 Å². The lowest BCUT2D eigenvalue weighted by Gasteiger charge is -2.24. The van der Waals surface area contributed by atoms with Gasteiger partial charge in [-0.25, -0.2) is 0 Å². The predicted molar refractivity (Wildman–Crippen MR) is 170 cm³/mol. The molecule has 0 aromatic heterocycles. The van der Waals surface area contributed by atoms with Gasteiger partial charge in [-0.3, -0.25) is 0 Å². The highest BCUT2D eigenvalue weighted by Gasteiger charge is 2.23. The minimum absolute atomic E-state index is 0.536. The Balaban J connectivity index is 2.03. The summed E-state index contributed by atoms with van der Waals surface area (Å²) in [6.07, 6.45) is 0. The van der Waals surface area contributed by atoms with Crippen molar-refractivity contribution in [1.82, 2.24) is 0 Å². The lowest BCUT2D eigenvalue weighted by atomic mass is 9.93. The zero-order chi connectivity index (χ0) is 26.1. The average Bonchev–Trinajstić information content (AvgIpc) is 2.83. The van der Waals surface area contributed by atoms with Crippen LogP contribution < -0.4 is 10.4 Å². The first-order chi connectivity index (χ1) is 16.9. The van der Waals surface area contributed by atoms with Gasteiger partial charge >= 0.3 is 0 Å². The van der Waals surface area contributed by atoms with E-state index in [1.165, 1.54) is 48.6 Å². The summed E-state index contributed by atoms with van der Waals surface area (Å²) in [7, 11) is -3.05. The van der Waals surface area contributed by atoms with Crippen molar-refractivity contribution in [1.29, 1.82) is 0 Å². The van der Waals surface area contributed by atoms with Crippen LogP contribution in [0.4, 0.5) is 0 Å². The molecule has 0 N–H and O–H groups in total. The Morgan fingerprint density at radius 2 is 0.861 bits per heavy atom. The zero-order valence-electron chi connectivity index (χ0n) is 23.1. The van der Waals surface area contributed by atoms with Crippen LogP contribution in [0.25, 0.3) is 33.4 Å². The van der Waals surface area contributed by atoms with Gasteiger partial charge in [-0.05, 0) is 57.6 Å². The second-order valence-corrected chi connectivity index (χ2v) is 23.7. The Hall–Kier alpha value is -2.34. The van der Waals surface area contributed by atoms with Gasteiger partial charge < -0.3 is 0 Å². The lowest BCUT2D eigenvalue weighted by Crippen LogP contribution is -2.39. The third-order valence-electron chi connectivity index (χ3n) is 6.59. The summed E-state index contributed by atoms with van der Waals surface area (Å²) in [6.45, 7) is 19.3. The molecule has 4 aromatic rings. The third kappa shape index (κ3) is 5.96. The molecule has 3 heteroatoms. The van der Waals surface area contributed by atoms with E-state index in [1.807, 2.05) is 11.8 Å². The van der Waals surface area contributed by atoms with Crippen LogP contribution in [-0.4, -0.2) is 21.4 Å². The summed E-state index contributed by atoms with van der Waals surface area (Å²) in [5.74, 6) is 0. The molecule has 0 spiro atoms. The van der Waals surface area contributed by atoms with Gasteiger partial charge in [0.25, 0.3) is 0 Å². The molecule has 0 aliphatic heterocycles. The zero-order valence-corrected chi connectivity index (χ0v) is 26.0. The Labute approximate surface area is 225 Å². The molecule has 0 radical (unpaired) electrons. The third-order valence-corrected chi connectivity index (χ3v) is 11.8. The van der Waals surface area contributed by atoms with Crippen LogP contribution in [-0.2, 0) is 0 Å². The molecular formula is C33H40SSi2. The number of thioether (sulfide) groups is 1. The van der Waals surface area contributed by atoms with Crippen LogP contribution in [0.2, 0.25) is 39.3 Å². The monoisotopic (exact) mass is 524 g/mol. The second kappa shape index (κ2) is 10.6. The van der Waals surface area contributed by atoms with E-state index < -0.39 is 16.1 Å². The van der Waals surface area contributed by atoms with Gasteiger partial charge in [-0.1, -0.05) is 130 Å². The molecule has 4 rings (SSSR count). The molecule has 0 nitrogen and oxygen atoms in total. The van der Waals surface area contributed by atoms with Crippen molar-refractivity contribution in [3.63, 3.8) is 0 Å². The summed E-state index contributed by atoms with van der Waals surface area (Å²) in [6, 6.07) is 34.4. The molecule has 0 aliphatic rings. The molecule has 186 valence electrons. The van der Waals surface area contributed by atoms with Gasteiger partial charge in [0.2, 0.25) is 0 Å². The van der Waals surface area contributed by atoms with Crippen LogP contribution in [0.5, 0.6) is 0 Å². The quantitative estimate of drug-likeness (QED) is 0.171. The van der Waals surface area contributed by atoms with Crippen molar-refractivity contribution in [2.24, 2.45) is 0 Å². The Kier molecular flexibility index (Phi) is 7.84. The van der Waals surface area contributed by atoms with Crippen molar-refractivity contribution < 1.29 is 0 Å². The maximum absolute atomic E-state index is 2.45. The molecule has 0 saturated heterocycles. The maximum Gasteiger partial charge on any atom is 0.0784 e. The standard InChI is InChI=1S/C33H40SSi2/c1-24(2)34-31-18-12-9-15-28(31)25-21-26(29-16-10-13-19-32(29)35(3,4)5)23-27(22-25)30-17-11-14-20-33(30)36(6,7)8/h9-24H,1-8H3. The number of hydrogen-bond donors (Lipinski definition) is 0. The summed E-state index contributed by atoms with van der Waals surface area (Å²) in [4.78, 5) is 1.35. The fourth-order valence-corrected chi connectivity index (χ4v) is 9.18. The van der Waals surface area contributed by atoms with Gasteiger partial charge in [-0.2, -0.15) is 0 Å². The fraction of sp³-hybridized carbons (Fsp3) is 0.273. The first-order valence-electron chi connectivity index (χ1n) is 13.1. The molecule has 0 saturated carbocycles. The van der Waals surface area contributed by atoms with Crippen molar-refractivity contribution in [2.75, 3.05) is 0 Å². The predicted octanol–water partition coefficient (Wildman–Crippen LogP) is 9.28. The van der Waals surface area contributed by atoms with Crippen molar-refractivity contribution in [2.45, 2.75) is 63.3 Å². The van der Waals surface area contributed by atoms with E-state index in [0.717, 1.165) is 0 Å². The SMILES string of the molecule is CC(C)Sc1ccccc1-c1cc(-c2ccccc2[Si](C)(C)C)cc(-c2ccccc2[Si](C)(C)C)c1. The summed E-state index contributed by atoms with van der Waals surface area (Å²) in [5, 5.41) is 3.59. The molecular weight excluding hydrogens is 485 g/mol. The Morgan fingerprint density at radius 1 is 0.500 bits per heavy atom. The highest BCUT2D eigenvalue weighted by molar-refractivity contribution is 8.00. The minimum Gasteiger partial charge on any atom is -0.123 e. The average molecular weight is 525 g/mol. The highest BCUT2D eigenvalue weighted by Crippen LogP contribution is 2.38. The van der Waals surface area contributed by atoms with Crippen LogP contribution in [0.1, 0.15) is 13.8 Å². The number of benzene rings is 4. The molecule has 0 heterocycles. The lowest BCUT2D eigenvalue weighted by molar-refractivity contribution is 1.11. The van der Waals surface area contributed by atoms with E-state index in [2.05, 4.69) is 144 Å². The molecule has 4 aromatic carbocycles. The molecule has 0 aliphatic carbocycles. The van der Waals surface area contributed by atoms with Crippen LogP contribution in [0.15, 0.2) is 95.9 Å². The fourth-order valence-electron chi connectivity index (χ4n) is 4.93. The topological polar surface area (TPSA) is 0 Å². The van der Waals surface area contributed by atoms with E-state index >= 15 is 0 Å². The second-order valence-electron chi connectivity index (χ2n) is 12.1. The van der Waals surface area contributed by atoms with Gasteiger partial charge in [-0.15, -0.1) is 11.8 Å². The molecule has 0 atom stereocenters. The molecule has 0 bridgehead atoms. The van der Waals surface area contributed by atoms with Gasteiger partial charge in [0.05, 0.1) is 16.1 Å². The van der Waals surface area contributed by atoms with E-state index in [0.29, 0.717) is 5.25 Å². The van der Waals surface area contributed by atoms with E-state index in [-0.39, 0.29) is 0 Å². The first kappa shape index (κ1) is 26.7. The first-order valence-corrected chi connectivity index (χ1v) is 20.9. The van der Waals surface area contributed by atoms with Crippen LogP contribution in [0.3, 0.4) is 0 Å². The molecule has 0 amide bonds. The van der Waals surface area contributed by atoms with Gasteiger partial charge in [0, 0.05) is 10.1 Å². The van der Waals surface area contributed by atoms with E-state index in [9.17, 15) is 0 Å². The summed E-state index contributed by atoms with van der Waals surface area (Å²) in [5.41, 5.74) is 8.07. The number of rotatable bonds is 7. The largest absolute Gasteiger partial charge is 0.123 e. The highest BCUT2D eigenvalue weighted by atomic mass is 32.2. The molecule has 36 heavy (non-hydrogen) atoms. The minimum atomic E-state index is -1.52. The Morgan fingerprint density at radius 3 is 1.28 bits per heavy atom. The van der Waals surface area contributed by atoms with E-state index in [4.69, 9.17) is 0 Å². The molecule has 0 unspecified atom stereocenters. The van der Waals surface area contributed by atoms with Gasteiger partial charge in [0.15, 0.2) is 0 Å². The van der Waals surface area contributed by atoms with Crippen LogP contribution >= 0.6 is 11.8 Å². The Bertz CT molecular complexity index is 1280. The smallest absolute Gasteiger partial charge is 0.0784 e. The van der Waals surface area contributed by atoms with Crippen molar-refractivity contribution >= 4 is 38.3 Å². The molecule has 0 fully saturated rings. The van der Waals surface area contributed by atoms with E-state index in [1.54, 1.807) is 0 Å². The normalized spacial score (nSPS) is 12.2. The maximum atomic E-state index is 2.45. The van der Waals surface area contributed by atoms with Gasteiger partial charge in [0.1, 0.15) is 0 Å². The van der Waals surface area contributed by atoms with Crippen LogP contribution in [0, 0.1) is 0 Å². The van der Waals surface area contributed by atoms with Crippen molar-refractivity contribution in [3.05, 3.63) is 91.0 Å². The number of hydrogen-bond acceptors (Lipinski definition) is 1. The summed E-state index contributed by atoms with van der Waals surface area (Å²) < 4.78 is 0.